The van der Waals surface area contributed by atoms with Crippen molar-refractivity contribution in [3.05, 3.63) is 45.7 Å². The van der Waals surface area contributed by atoms with Gasteiger partial charge in [0.25, 0.3) is 0 Å². The predicted octanol–water partition coefficient (Wildman–Crippen LogP) is 6.14. The minimum Gasteiger partial charge on any atom is -0.493 e. The molecule has 1 aromatic heterocycles. The fourth-order valence-electron chi connectivity index (χ4n) is 6.07. The highest BCUT2D eigenvalue weighted by Gasteiger charge is 2.47. The van der Waals surface area contributed by atoms with Crippen molar-refractivity contribution in [2.24, 2.45) is 5.41 Å². The van der Waals surface area contributed by atoms with Crippen molar-refractivity contribution in [1.82, 2.24) is 9.88 Å². The van der Waals surface area contributed by atoms with E-state index >= 15 is 0 Å². The molecule has 2 N–H and O–H groups in total. The second-order valence-electron chi connectivity index (χ2n) is 12.5. The third-order valence-electron chi connectivity index (χ3n) is 7.90. The van der Waals surface area contributed by atoms with Crippen molar-refractivity contribution in [1.29, 1.82) is 0 Å². The molecule has 40 heavy (non-hydrogen) atoms. The molecule has 2 aromatic rings. The van der Waals surface area contributed by atoms with Crippen molar-refractivity contribution in [2.75, 3.05) is 20.3 Å². The Morgan fingerprint density at radius 3 is 2.50 bits per heavy atom. The zero-order valence-electron chi connectivity index (χ0n) is 24.5. The second kappa shape index (κ2) is 11.6. The first-order chi connectivity index (χ1) is 18.8. The van der Waals surface area contributed by atoms with Gasteiger partial charge in [-0.15, -0.1) is 0 Å². The van der Waals surface area contributed by atoms with E-state index in [1.165, 1.54) is 12.3 Å². The van der Waals surface area contributed by atoms with E-state index in [1.807, 2.05) is 31.4 Å². The normalized spacial score (nSPS) is 18.8. The summed E-state index contributed by atoms with van der Waals surface area (Å²) in [6.45, 7) is 11.0. The highest BCUT2D eigenvalue weighted by molar-refractivity contribution is 5.88. The van der Waals surface area contributed by atoms with E-state index in [1.54, 1.807) is 7.11 Å². The zero-order valence-corrected chi connectivity index (χ0v) is 24.5. The minimum absolute atomic E-state index is 0.0317. The average Bonchev–Trinajstić information content (AvgIpc) is 3.18. The molecule has 0 unspecified atom stereocenters. The van der Waals surface area contributed by atoms with Crippen LogP contribution in [0.4, 0.5) is 4.79 Å². The average molecular weight is 555 g/mol. The van der Waals surface area contributed by atoms with E-state index in [0.717, 1.165) is 49.7 Å². The number of benzene rings is 1. The molecule has 1 amide bonds. The molecule has 2 aliphatic rings. The molecule has 4 rings (SSSR count). The number of aromatic nitrogens is 1. The molecule has 0 spiro atoms. The van der Waals surface area contributed by atoms with Gasteiger partial charge in [0.1, 0.15) is 11.2 Å². The number of amides is 1. The number of pyridine rings is 1. The van der Waals surface area contributed by atoms with Crippen LogP contribution in [0.15, 0.2) is 29.2 Å². The van der Waals surface area contributed by atoms with Crippen molar-refractivity contribution in [3.63, 3.8) is 0 Å². The van der Waals surface area contributed by atoms with Gasteiger partial charge in [0.05, 0.1) is 19.4 Å². The first-order valence-corrected chi connectivity index (χ1v) is 14.1. The van der Waals surface area contributed by atoms with Crippen molar-refractivity contribution in [3.8, 4) is 22.8 Å². The Morgan fingerprint density at radius 1 is 1.10 bits per heavy atom. The summed E-state index contributed by atoms with van der Waals surface area (Å²) in [5, 5.41) is 12.4. The van der Waals surface area contributed by atoms with Crippen LogP contribution in [-0.4, -0.2) is 47.6 Å². The number of alkyl carbamates (subject to hydrolysis) is 1. The molecule has 0 bridgehead atoms. The summed E-state index contributed by atoms with van der Waals surface area (Å²) in [5.74, 6) is 0.220. The van der Waals surface area contributed by atoms with Gasteiger partial charge >= 0.3 is 12.1 Å². The van der Waals surface area contributed by atoms with E-state index in [-0.39, 0.29) is 22.9 Å². The SMILES string of the molecule is COc1cc2c(cc1OCCCCCCNC(=O)OC(C)(C)C)[C@@H]1CCC(C)(C)[C@@H]1n1cc(C(=O)O)c(=O)cc1-2. The smallest absolute Gasteiger partial charge is 0.407 e. The van der Waals surface area contributed by atoms with Crippen LogP contribution in [0.3, 0.4) is 0 Å². The maximum atomic E-state index is 12.7. The molecular weight excluding hydrogens is 512 g/mol. The summed E-state index contributed by atoms with van der Waals surface area (Å²) in [4.78, 5) is 36.2. The van der Waals surface area contributed by atoms with E-state index < -0.39 is 23.1 Å². The van der Waals surface area contributed by atoms with Gasteiger partial charge in [0, 0.05) is 36.3 Å². The zero-order chi connectivity index (χ0) is 29.2. The van der Waals surface area contributed by atoms with Crippen LogP contribution >= 0.6 is 0 Å². The highest BCUT2D eigenvalue weighted by atomic mass is 16.6. The van der Waals surface area contributed by atoms with E-state index in [4.69, 9.17) is 14.2 Å². The molecule has 0 radical (unpaired) electrons. The number of unbranched alkanes of at least 4 members (excludes halogenated alkanes) is 3. The van der Waals surface area contributed by atoms with Gasteiger partial charge in [-0.3, -0.25) is 4.79 Å². The summed E-state index contributed by atoms with van der Waals surface area (Å²) in [5.41, 5.74) is 1.43. The van der Waals surface area contributed by atoms with E-state index in [9.17, 15) is 19.5 Å². The minimum atomic E-state index is -1.21. The number of carbonyl (C=O) groups excluding carboxylic acids is 1. The van der Waals surface area contributed by atoms with Gasteiger partial charge in [-0.25, -0.2) is 9.59 Å². The Kier molecular flexibility index (Phi) is 8.52. The lowest BCUT2D eigenvalue weighted by Gasteiger charge is -2.40. The van der Waals surface area contributed by atoms with Crippen molar-refractivity contribution >= 4 is 12.1 Å². The molecule has 9 heteroatoms. The van der Waals surface area contributed by atoms with Crippen LogP contribution in [0.25, 0.3) is 11.3 Å². The van der Waals surface area contributed by atoms with Gasteiger partial charge < -0.3 is 29.2 Å². The molecule has 2 atom stereocenters. The summed E-state index contributed by atoms with van der Waals surface area (Å²) in [6, 6.07) is 5.45. The molecule has 1 fully saturated rings. The van der Waals surface area contributed by atoms with Crippen molar-refractivity contribution < 1.29 is 28.9 Å². The number of aromatic carboxylic acids is 1. The number of nitrogens with one attached hydrogen (secondary N) is 1. The fraction of sp³-hybridized carbons (Fsp3) is 0.581. The Bertz CT molecular complexity index is 1320. The Labute approximate surface area is 235 Å². The van der Waals surface area contributed by atoms with Gasteiger partial charge in [-0.1, -0.05) is 26.7 Å². The van der Waals surface area contributed by atoms with E-state index in [2.05, 4.69) is 25.2 Å². The fourth-order valence-corrected chi connectivity index (χ4v) is 6.07. The maximum Gasteiger partial charge on any atom is 0.407 e. The Hall–Kier alpha value is -3.49. The number of hydrogen-bond donors (Lipinski definition) is 2. The lowest BCUT2D eigenvalue weighted by molar-refractivity contribution is 0.0526. The molecule has 1 aliphatic carbocycles. The number of fused-ring (bicyclic) bond motifs is 6. The summed E-state index contributed by atoms with van der Waals surface area (Å²) < 4.78 is 19.1. The number of carbonyl (C=O) groups is 2. The van der Waals surface area contributed by atoms with Gasteiger partial charge in [0.15, 0.2) is 16.9 Å². The molecular formula is C31H42N2O7. The number of carboxylic acid groups (broad SMARTS) is 1. The number of carboxylic acids is 1. The van der Waals surface area contributed by atoms with Crippen LogP contribution in [0, 0.1) is 5.41 Å². The maximum absolute atomic E-state index is 12.7. The standard InChI is InChI=1S/C31H42N2O7/c1-30(2,3)40-29(37)32-13-9-7-8-10-14-39-26-15-20-19-11-12-31(4,5)27(19)33-18-22(28(35)36)24(34)17-23(33)21(20)16-25(26)38-6/h15-19,27H,7-14H2,1-6H3,(H,32,37)(H,35,36)/t19-,27+/m0/s1. The molecule has 2 heterocycles. The van der Waals surface area contributed by atoms with Crippen molar-refractivity contribution in [2.45, 2.75) is 90.7 Å². The van der Waals surface area contributed by atoms with Gasteiger partial charge in [-0.05, 0) is 69.6 Å². The number of hydrogen-bond acceptors (Lipinski definition) is 6. The Morgan fingerprint density at radius 2 is 1.82 bits per heavy atom. The van der Waals surface area contributed by atoms with Crippen LogP contribution in [0.2, 0.25) is 0 Å². The van der Waals surface area contributed by atoms with Crippen LogP contribution in [0.1, 0.15) is 101 Å². The van der Waals surface area contributed by atoms with Gasteiger partial charge in [0.2, 0.25) is 0 Å². The summed E-state index contributed by atoms with van der Waals surface area (Å²) in [6.07, 6.45) is 6.73. The largest absolute Gasteiger partial charge is 0.493 e. The monoisotopic (exact) mass is 554 g/mol. The Balaban J connectivity index is 1.45. The lowest BCUT2D eigenvalue weighted by atomic mass is 9.77. The molecule has 1 aromatic carbocycles. The van der Waals surface area contributed by atoms with Crippen LogP contribution in [0.5, 0.6) is 11.5 Å². The molecule has 0 saturated heterocycles. The van der Waals surface area contributed by atoms with Gasteiger partial charge in [-0.2, -0.15) is 0 Å². The van der Waals surface area contributed by atoms with Crippen LogP contribution < -0.4 is 20.2 Å². The number of nitrogens with zero attached hydrogens (tertiary/aromatic N) is 1. The quantitative estimate of drug-likeness (QED) is 0.339. The number of rotatable bonds is 10. The summed E-state index contributed by atoms with van der Waals surface area (Å²) >= 11 is 0. The van der Waals surface area contributed by atoms with E-state index in [0.29, 0.717) is 30.3 Å². The second-order valence-corrected chi connectivity index (χ2v) is 12.5. The molecule has 9 nitrogen and oxygen atoms in total. The number of ether oxygens (including phenoxy) is 3. The third-order valence-corrected chi connectivity index (χ3v) is 7.90. The first-order valence-electron chi connectivity index (χ1n) is 14.1. The first kappa shape index (κ1) is 29.5. The lowest BCUT2D eigenvalue weighted by Crippen LogP contribution is -2.32. The molecule has 1 aliphatic heterocycles. The summed E-state index contributed by atoms with van der Waals surface area (Å²) in [7, 11) is 1.59. The number of methoxy groups -OCH3 is 1. The molecule has 1 saturated carbocycles. The topological polar surface area (TPSA) is 116 Å². The highest BCUT2D eigenvalue weighted by Crippen LogP contribution is 2.59. The third kappa shape index (κ3) is 6.29. The van der Waals surface area contributed by atoms with Crippen LogP contribution in [-0.2, 0) is 4.74 Å². The molecule has 218 valence electrons. The predicted molar refractivity (Wildman–Crippen MR) is 153 cm³/mol.